The second kappa shape index (κ2) is 10.0. The predicted molar refractivity (Wildman–Crippen MR) is 132 cm³/mol. The first-order chi connectivity index (χ1) is 17.9. The van der Waals surface area contributed by atoms with Crippen LogP contribution in [-0.2, 0) is 17.9 Å². The van der Waals surface area contributed by atoms with E-state index in [9.17, 15) is 14.9 Å². The highest BCUT2D eigenvalue weighted by molar-refractivity contribution is 5.94. The number of fused-ring (bicyclic) bond motifs is 1. The van der Waals surface area contributed by atoms with Crippen molar-refractivity contribution >= 4 is 11.9 Å². The Hall–Kier alpha value is -4.27. The lowest BCUT2D eigenvalue weighted by Gasteiger charge is -2.34. The summed E-state index contributed by atoms with van der Waals surface area (Å²) in [5.41, 5.74) is 5.19. The van der Waals surface area contributed by atoms with Crippen LogP contribution in [0.4, 0.5) is 0 Å². The Morgan fingerprint density at radius 3 is 3.00 bits per heavy atom. The number of piperazine rings is 1. The molecule has 1 aromatic carbocycles. The molecule has 3 aromatic rings. The molecule has 1 saturated heterocycles. The van der Waals surface area contributed by atoms with Crippen molar-refractivity contribution in [1.82, 2.24) is 30.3 Å². The first-order valence-corrected chi connectivity index (χ1v) is 11.9. The normalized spacial score (nSPS) is 17.1. The molecule has 11 heteroatoms. The number of carbonyl (C=O) groups is 2. The quantitative estimate of drug-likeness (QED) is 0.483. The average Bonchev–Trinajstić information content (AvgIpc) is 3.52. The van der Waals surface area contributed by atoms with E-state index in [-0.39, 0.29) is 17.9 Å². The zero-order valence-electron chi connectivity index (χ0n) is 20.9. The van der Waals surface area contributed by atoms with Gasteiger partial charge >= 0.3 is 5.97 Å². The van der Waals surface area contributed by atoms with Gasteiger partial charge in [0.05, 0.1) is 18.9 Å². The Kier molecular flexibility index (Phi) is 6.60. The zero-order valence-corrected chi connectivity index (χ0v) is 20.9. The Morgan fingerprint density at radius 1 is 1.41 bits per heavy atom. The van der Waals surface area contributed by atoms with Crippen LogP contribution in [0.3, 0.4) is 0 Å². The van der Waals surface area contributed by atoms with Crippen LogP contribution < -0.4 is 15.4 Å². The molecular weight excluding hydrogens is 474 g/mol. The van der Waals surface area contributed by atoms with Crippen LogP contribution in [0.15, 0.2) is 30.6 Å². The van der Waals surface area contributed by atoms with Gasteiger partial charge < -0.3 is 20.1 Å². The molecule has 1 atom stereocenters. The van der Waals surface area contributed by atoms with Crippen LogP contribution in [0.2, 0.25) is 0 Å². The summed E-state index contributed by atoms with van der Waals surface area (Å²) in [6.45, 7) is 5.14. The minimum absolute atomic E-state index is 0.0673. The van der Waals surface area contributed by atoms with Gasteiger partial charge in [-0.1, -0.05) is 6.07 Å². The first-order valence-electron chi connectivity index (χ1n) is 11.9. The lowest BCUT2D eigenvalue weighted by atomic mass is 9.93. The molecule has 2 aromatic heterocycles. The number of rotatable bonds is 6. The number of carbonyl (C=O) groups excluding carboxylic acids is 2. The fourth-order valence-corrected chi connectivity index (χ4v) is 4.91. The highest BCUT2D eigenvalue weighted by Gasteiger charge is 2.29. The number of hydrogen-bond acceptors (Lipinski definition) is 9. The first kappa shape index (κ1) is 24.4. The predicted octanol–water partition coefficient (Wildman–Crippen LogP) is 1.63. The molecule has 0 aliphatic carbocycles. The number of nitrogens with one attached hydrogen (secondary N) is 2. The molecule has 2 aliphatic rings. The molecule has 37 heavy (non-hydrogen) atoms. The molecule has 1 amide bonds. The second-order valence-electron chi connectivity index (χ2n) is 9.01. The van der Waals surface area contributed by atoms with E-state index in [1.54, 1.807) is 19.3 Å². The van der Waals surface area contributed by atoms with Crippen molar-refractivity contribution in [3.8, 4) is 17.6 Å². The third-order valence-corrected chi connectivity index (χ3v) is 6.90. The van der Waals surface area contributed by atoms with Crippen molar-refractivity contribution in [2.75, 3.05) is 33.8 Å². The van der Waals surface area contributed by atoms with Crippen molar-refractivity contribution in [3.63, 3.8) is 0 Å². The molecule has 2 aliphatic heterocycles. The number of esters is 1. The van der Waals surface area contributed by atoms with Crippen molar-refractivity contribution < 1.29 is 19.1 Å². The van der Waals surface area contributed by atoms with Crippen LogP contribution >= 0.6 is 0 Å². The zero-order chi connectivity index (χ0) is 26.1. The standard InChI is InChI=1S/C26H27N7O4/c1-15-18(4-5-19-20(15)14-37-26(19)35)21-13-32(7-6-29-21)11-17-12-33(31-24(17)25(34)28-2)23-8-22(36-3)16(9-27)10-30-23/h4-5,8,10,12,21,29H,6-7,11,13-14H2,1-3H3,(H,28,34). The van der Waals surface area contributed by atoms with Crippen LogP contribution in [0.1, 0.15) is 54.7 Å². The Labute approximate surface area is 214 Å². The van der Waals surface area contributed by atoms with E-state index in [2.05, 4.69) is 25.6 Å². The number of hydrogen-bond donors (Lipinski definition) is 2. The van der Waals surface area contributed by atoms with Crippen LogP contribution in [0.25, 0.3) is 5.82 Å². The molecule has 5 rings (SSSR count). The molecule has 1 unspecified atom stereocenters. The Bertz CT molecular complexity index is 1430. The van der Waals surface area contributed by atoms with Gasteiger partial charge in [-0.3, -0.25) is 9.69 Å². The number of nitrogens with zero attached hydrogens (tertiary/aromatic N) is 5. The maximum Gasteiger partial charge on any atom is 0.338 e. The maximum absolute atomic E-state index is 12.7. The highest BCUT2D eigenvalue weighted by atomic mass is 16.5. The number of ether oxygens (including phenoxy) is 2. The molecule has 0 bridgehead atoms. The van der Waals surface area contributed by atoms with Crippen molar-refractivity contribution in [2.45, 2.75) is 26.1 Å². The molecule has 2 N–H and O–H groups in total. The summed E-state index contributed by atoms with van der Waals surface area (Å²) < 4.78 is 12.0. The lowest BCUT2D eigenvalue weighted by Crippen LogP contribution is -2.45. The number of methoxy groups -OCH3 is 1. The van der Waals surface area contributed by atoms with Gasteiger partial charge in [0, 0.05) is 62.7 Å². The third-order valence-electron chi connectivity index (χ3n) is 6.90. The summed E-state index contributed by atoms with van der Waals surface area (Å²) >= 11 is 0. The topological polar surface area (TPSA) is 134 Å². The summed E-state index contributed by atoms with van der Waals surface area (Å²) in [7, 11) is 3.05. The monoisotopic (exact) mass is 501 g/mol. The van der Waals surface area contributed by atoms with Gasteiger partial charge in [-0.05, 0) is 24.1 Å². The number of pyridine rings is 1. The minimum atomic E-state index is -0.292. The van der Waals surface area contributed by atoms with Gasteiger partial charge in [-0.2, -0.15) is 10.4 Å². The van der Waals surface area contributed by atoms with Gasteiger partial charge in [-0.15, -0.1) is 0 Å². The van der Waals surface area contributed by atoms with Gasteiger partial charge in [0.1, 0.15) is 24.0 Å². The van der Waals surface area contributed by atoms with Crippen LogP contribution in [0, 0.1) is 18.3 Å². The minimum Gasteiger partial charge on any atom is -0.495 e. The number of benzene rings is 1. The Balaban J connectivity index is 1.40. The molecule has 11 nitrogen and oxygen atoms in total. The van der Waals surface area contributed by atoms with E-state index in [1.165, 1.54) is 18.0 Å². The molecule has 190 valence electrons. The average molecular weight is 502 g/mol. The molecule has 0 radical (unpaired) electrons. The van der Waals surface area contributed by atoms with E-state index in [0.717, 1.165) is 41.9 Å². The van der Waals surface area contributed by atoms with Gasteiger partial charge in [-0.25, -0.2) is 14.5 Å². The molecular formula is C26H27N7O4. The van der Waals surface area contributed by atoms with Crippen molar-refractivity contribution in [3.05, 3.63) is 69.7 Å². The number of aromatic nitrogens is 3. The van der Waals surface area contributed by atoms with Gasteiger partial charge in [0.15, 0.2) is 11.5 Å². The van der Waals surface area contributed by atoms with Crippen molar-refractivity contribution in [1.29, 1.82) is 5.26 Å². The molecule has 0 spiro atoms. The molecule has 0 saturated carbocycles. The van der Waals surface area contributed by atoms with E-state index in [4.69, 9.17) is 9.47 Å². The second-order valence-corrected chi connectivity index (χ2v) is 9.01. The van der Waals surface area contributed by atoms with Gasteiger partial charge in [0.2, 0.25) is 0 Å². The van der Waals surface area contributed by atoms with E-state index >= 15 is 0 Å². The summed E-state index contributed by atoms with van der Waals surface area (Å²) in [6, 6.07) is 7.58. The Morgan fingerprint density at radius 2 is 2.24 bits per heavy atom. The van der Waals surface area contributed by atoms with Gasteiger partial charge in [0.25, 0.3) is 5.91 Å². The fraction of sp³-hybridized carbons (Fsp3) is 0.346. The van der Waals surface area contributed by atoms with E-state index in [0.29, 0.717) is 41.5 Å². The van der Waals surface area contributed by atoms with Crippen molar-refractivity contribution in [2.24, 2.45) is 0 Å². The van der Waals surface area contributed by atoms with E-state index in [1.807, 2.05) is 25.1 Å². The maximum atomic E-state index is 12.7. The fourth-order valence-electron chi connectivity index (χ4n) is 4.91. The molecule has 4 heterocycles. The smallest absolute Gasteiger partial charge is 0.338 e. The largest absolute Gasteiger partial charge is 0.495 e. The van der Waals surface area contributed by atoms with Crippen LogP contribution in [0.5, 0.6) is 5.75 Å². The summed E-state index contributed by atoms with van der Waals surface area (Å²) in [5, 5.41) is 20.0. The lowest BCUT2D eigenvalue weighted by molar-refractivity contribution is 0.0534. The summed E-state index contributed by atoms with van der Waals surface area (Å²) in [4.78, 5) is 31.2. The summed E-state index contributed by atoms with van der Waals surface area (Å²) in [5.74, 6) is 0.264. The SMILES string of the molecule is CNC(=O)c1nn(-c2cc(OC)c(C#N)cn2)cc1CN1CCNC(c2ccc3c(c2C)COC3=O)C1. The highest BCUT2D eigenvalue weighted by Crippen LogP contribution is 2.30. The number of amides is 1. The molecule has 1 fully saturated rings. The third kappa shape index (κ3) is 4.52. The summed E-state index contributed by atoms with van der Waals surface area (Å²) in [6.07, 6.45) is 3.21. The number of nitriles is 1. The van der Waals surface area contributed by atoms with E-state index < -0.39 is 0 Å². The number of cyclic esters (lactones) is 1. The van der Waals surface area contributed by atoms with Crippen LogP contribution in [-0.4, -0.2) is 65.3 Å².